The molecule has 0 spiro atoms. The summed E-state index contributed by atoms with van der Waals surface area (Å²) in [6.07, 6.45) is 0.0878. The fourth-order valence-corrected chi connectivity index (χ4v) is 1.41. The SMILES string of the molecule is COc1nc2c(F)cc(C(C)C)cc2o1. The maximum absolute atomic E-state index is 13.6. The number of aromatic nitrogens is 1. The molecule has 2 rings (SSSR count). The third-order valence-electron chi connectivity index (χ3n) is 2.29. The fourth-order valence-electron chi connectivity index (χ4n) is 1.41. The van der Waals surface area contributed by atoms with E-state index in [1.54, 1.807) is 6.07 Å². The third-order valence-corrected chi connectivity index (χ3v) is 2.29. The van der Waals surface area contributed by atoms with Crippen molar-refractivity contribution in [3.63, 3.8) is 0 Å². The normalized spacial score (nSPS) is 11.3. The van der Waals surface area contributed by atoms with E-state index in [1.807, 2.05) is 13.8 Å². The Balaban J connectivity index is 2.65. The Morgan fingerprint density at radius 1 is 1.40 bits per heavy atom. The minimum absolute atomic E-state index is 0.0878. The van der Waals surface area contributed by atoms with Gasteiger partial charge in [0.25, 0.3) is 0 Å². The van der Waals surface area contributed by atoms with Crippen LogP contribution in [-0.4, -0.2) is 12.1 Å². The number of ether oxygens (including phenoxy) is 1. The number of fused-ring (bicyclic) bond motifs is 1. The first kappa shape index (κ1) is 9.96. The first-order valence-corrected chi connectivity index (χ1v) is 4.75. The second-order valence-corrected chi connectivity index (χ2v) is 3.69. The van der Waals surface area contributed by atoms with Crippen LogP contribution < -0.4 is 4.74 Å². The van der Waals surface area contributed by atoms with Crippen LogP contribution in [0, 0.1) is 5.82 Å². The van der Waals surface area contributed by atoms with Crippen LogP contribution in [-0.2, 0) is 0 Å². The van der Waals surface area contributed by atoms with E-state index in [0.717, 1.165) is 5.56 Å². The molecule has 0 saturated heterocycles. The molecule has 0 saturated carbocycles. The molecule has 15 heavy (non-hydrogen) atoms. The minimum Gasteiger partial charge on any atom is -0.453 e. The zero-order chi connectivity index (χ0) is 11.0. The molecule has 0 fully saturated rings. The predicted molar refractivity (Wildman–Crippen MR) is 54.6 cm³/mol. The summed E-state index contributed by atoms with van der Waals surface area (Å²) in [5.41, 5.74) is 1.53. The molecule has 2 aromatic rings. The maximum atomic E-state index is 13.6. The molecular formula is C11H12FNO2. The van der Waals surface area contributed by atoms with Crippen molar-refractivity contribution in [2.75, 3.05) is 7.11 Å². The Bertz CT molecular complexity index is 491. The van der Waals surface area contributed by atoms with Crippen molar-refractivity contribution in [2.45, 2.75) is 19.8 Å². The van der Waals surface area contributed by atoms with Gasteiger partial charge in [-0.25, -0.2) is 4.39 Å². The Labute approximate surface area is 86.9 Å². The van der Waals surface area contributed by atoms with Crippen LogP contribution >= 0.6 is 0 Å². The van der Waals surface area contributed by atoms with Gasteiger partial charge in [0.1, 0.15) is 5.52 Å². The van der Waals surface area contributed by atoms with Crippen LogP contribution in [0.3, 0.4) is 0 Å². The zero-order valence-electron chi connectivity index (χ0n) is 8.87. The Morgan fingerprint density at radius 2 is 2.13 bits per heavy atom. The third kappa shape index (κ3) is 1.67. The number of halogens is 1. The highest BCUT2D eigenvalue weighted by Gasteiger charge is 2.13. The second-order valence-electron chi connectivity index (χ2n) is 3.69. The van der Waals surface area contributed by atoms with Gasteiger partial charge >= 0.3 is 6.08 Å². The summed E-state index contributed by atoms with van der Waals surface area (Å²) in [5, 5.41) is 0. The Hall–Kier alpha value is -1.58. The lowest BCUT2D eigenvalue weighted by Gasteiger charge is -2.03. The maximum Gasteiger partial charge on any atom is 0.394 e. The van der Waals surface area contributed by atoms with Gasteiger partial charge in [0.15, 0.2) is 11.4 Å². The molecule has 0 radical (unpaired) electrons. The highest BCUT2D eigenvalue weighted by molar-refractivity contribution is 5.74. The van der Waals surface area contributed by atoms with Gasteiger partial charge in [0.05, 0.1) is 7.11 Å². The molecule has 0 atom stereocenters. The van der Waals surface area contributed by atoms with Crippen LogP contribution in [0.5, 0.6) is 6.08 Å². The lowest BCUT2D eigenvalue weighted by Crippen LogP contribution is -1.89. The van der Waals surface area contributed by atoms with E-state index >= 15 is 0 Å². The van der Waals surface area contributed by atoms with Crippen LogP contribution in [0.15, 0.2) is 16.5 Å². The number of hydrogen-bond donors (Lipinski definition) is 0. The molecular weight excluding hydrogens is 197 g/mol. The van der Waals surface area contributed by atoms with Gasteiger partial charge in [-0.1, -0.05) is 13.8 Å². The smallest absolute Gasteiger partial charge is 0.394 e. The molecule has 3 nitrogen and oxygen atoms in total. The van der Waals surface area contributed by atoms with Gasteiger partial charge in [0, 0.05) is 0 Å². The molecule has 0 aliphatic rings. The molecule has 0 N–H and O–H groups in total. The zero-order valence-corrected chi connectivity index (χ0v) is 8.87. The summed E-state index contributed by atoms with van der Waals surface area (Å²) < 4.78 is 23.6. The topological polar surface area (TPSA) is 35.3 Å². The van der Waals surface area contributed by atoms with Crippen LogP contribution in [0.2, 0.25) is 0 Å². The first-order chi connectivity index (χ1) is 7.11. The number of rotatable bonds is 2. The summed E-state index contributed by atoms with van der Waals surface area (Å²) in [4.78, 5) is 3.87. The number of hydrogen-bond acceptors (Lipinski definition) is 3. The summed E-state index contributed by atoms with van der Waals surface area (Å²) in [6.45, 7) is 3.99. The van der Waals surface area contributed by atoms with Crippen molar-refractivity contribution < 1.29 is 13.5 Å². The van der Waals surface area contributed by atoms with E-state index in [1.165, 1.54) is 13.2 Å². The van der Waals surface area contributed by atoms with Crippen LogP contribution in [0.1, 0.15) is 25.3 Å². The van der Waals surface area contributed by atoms with Crippen LogP contribution in [0.4, 0.5) is 4.39 Å². The molecule has 0 aliphatic carbocycles. The fraction of sp³-hybridized carbons (Fsp3) is 0.364. The summed E-state index contributed by atoms with van der Waals surface area (Å²) in [6, 6.07) is 3.27. The molecule has 0 bridgehead atoms. The monoisotopic (exact) mass is 209 g/mol. The van der Waals surface area contributed by atoms with E-state index in [0.29, 0.717) is 5.58 Å². The first-order valence-electron chi connectivity index (χ1n) is 4.75. The molecule has 1 heterocycles. The van der Waals surface area contributed by atoms with Crippen molar-refractivity contribution >= 4 is 11.1 Å². The number of benzene rings is 1. The van der Waals surface area contributed by atoms with E-state index in [-0.39, 0.29) is 23.3 Å². The molecule has 1 aromatic carbocycles. The van der Waals surface area contributed by atoms with Crippen molar-refractivity contribution in [3.05, 3.63) is 23.5 Å². The van der Waals surface area contributed by atoms with Crippen LogP contribution in [0.25, 0.3) is 11.1 Å². The largest absolute Gasteiger partial charge is 0.453 e. The quantitative estimate of drug-likeness (QED) is 0.762. The average Bonchev–Trinajstić information content (AvgIpc) is 2.61. The summed E-state index contributed by atoms with van der Waals surface area (Å²) in [7, 11) is 1.44. The number of oxazole rings is 1. The lowest BCUT2D eigenvalue weighted by molar-refractivity contribution is 0.299. The van der Waals surface area contributed by atoms with E-state index in [9.17, 15) is 4.39 Å². The summed E-state index contributed by atoms with van der Waals surface area (Å²) >= 11 is 0. The van der Waals surface area contributed by atoms with Crippen molar-refractivity contribution in [2.24, 2.45) is 0 Å². The predicted octanol–water partition coefficient (Wildman–Crippen LogP) is 3.10. The molecule has 0 aliphatic heterocycles. The van der Waals surface area contributed by atoms with E-state index < -0.39 is 0 Å². The van der Waals surface area contributed by atoms with Crippen molar-refractivity contribution in [3.8, 4) is 6.08 Å². The van der Waals surface area contributed by atoms with E-state index in [2.05, 4.69) is 4.98 Å². The molecule has 1 aromatic heterocycles. The van der Waals surface area contributed by atoms with Gasteiger partial charge in [-0.2, -0.15) is 4.98 Å². The van der Waals surface area contributed by atoms with Gasteiger partial charge in [0.2, 0.25) is 0 Å². The standard InChI is InChI=1S/C11H12FNO2/c1-6(2)7-4-8(12)10-9(5-7)15-11(13-10)14-3/h4-6H,1-3H3. The van der Waals surface area contributed by atoms with Gasteiger partial charge < -0.3 is 9.15 Å². The molecule has 4 heteroatoms. The Kier molecular flexibility index (Phi) is 2.34. The average molecular weight is 209 g/mol. The number of nitrogens with zero attached hydrogens (tertiary/aromatic N) is 1. The minimum atomic E-state index is -0.372. The van der Waals surface area contributed by atoms with Crippen molar-refractivity contribution in [1.29, 1.82) is 0 Å². The van der Waals surface area contributed by atoms with Gasteiger partial charge in [-0.15, -0.1) is 0 Å². The second kappa shape index (κ2) is 3.53. The highest BCUT2D eigenvalue weighted by atomic mass is 19.1. The molecule has 0 amide bonds. The van der Waals surface area contributed by atoms with Gasteiger partial charge in [-0.05, 0) is 23.6 Å². The number of methoxy groups -OCH3 is 1. The Morgan fingerprint density at radius 3 is 2.73 bits per heavy atom. The molecule has 0 unspecified atom stereocenters. The lowest BCUT2D eigenvalue weighted by atomic mass is 10.0. The molecule has 80 valence electrons. The highest BCUT2D eigenvalue weighted by Crippen LogP contribution is 2.27. The summed E-state index contributed by atoms with van der Waals surface area (Å²) in [5.74, 6) is -0.122. The van der Waals surface area contributed by atoms with Crippen molar-refractivity contribution in [1.82, 2.24) is 4.98 Å². The van der Waals surface area contributed by atoms with E-state index in [4.69, 9.17) is 9.15 Å². The van der Waals surface area contributed by atoms with Gasteiger partial charge in [-0.3, -0.25) is 0 Å².